The Morgan fingerprint density at radius 2 is 1.78 bits per heavy atom. The van der Waals surface area contributed by atoms with E-state index >= 15 is 0 Å². The van der Waals surface area contributed by atoms with Crippen molar-refractivity contribution in [2.45, 2.75) is 0 Å². The highest BCUT2D eigenvalue weighted by Gasteiger charge is 2.20. The molecular formula is C30H26ClN9O. The molecule has 0 spiro atoms. The molecule has 0 aliphatic carbocycles. The molecule has 1 aliphatic heterocycles. The minimum atomic E-state index is -0.121. The van der Waals surface area contributed by atoms with Crippen LogP contribution >= 0.6 is 11.6 Å². The summed E-state index contributed by atoms with van der Waals surface area (Å²) in [6.45, 7) is 3.11. The van der Waals surface area contributed by atoms with Crippen molar-refractivity contribution >= 4 is 45.4 Å². The maximum atomic E-state index is 12.8. The number of anilines is 1. The van der Waals surface area contributed by atoms with E-state index in [1.54, 1.807) is 18.6 Å². The first-order chi connectivity index (χ1) is 20.0. The summed E-state index contributed by atoms with van der Waals surface area (Å²) in [5, 5.41) is 12.0. The zero-order valence-electron chi connectivity index (χ0n) is 22.2. The molecular weight excluding hydrogens is 538 g/mol. The lowest BCUT2D eigenvalue weighted by atomic mass is 10.0. The molecule has 1 fully saturated rings. The van der Waals surface area contributed by atoms with Crippen molar-refractivity contribution in [3.63, 3.8) is 0 Å². The molecule has 5 heterocycles. The third-order valence-electron chi connectivity index (χ3n) is 7.40. The molecule has 6 aromatic rings. The van der Waals surface area contributed by atoms with Crippen molar-refractivity contribution in [1.29, 1.82) is 0 Å². The second kappa shape index (κ2) is 10.3. The van der Waals surface area contributed by atoms with Crippen LogP contribution in [0.5, 0.6) is 0 Å². The number of aromatic nitrogens is 6. The van der Waals surface area contributed by atoms with E-state index in [2.05, 4.69) is 42.4 Å². The number of carbonyl (C=O) groups excluding carboxylic acids is 1. The molecule has 0 atom stereocenters. The Morgan fingerprint density at radius 1 is 0.951 bits per heavy atom. The Bertz CT molecular complexity index is 1910. The number of piperazine rings is 1. The van der Waals surface area contributed by atoms with Crippen molar-refractivity contribution < 1.29 is 4.79 Å². The van der Waals surface area contributed by atoms with E-state index in [-0.39, 0.29) is 6.03 Å². The Hall–Kier alpha value is -4.80. The summed E-state index contributed by atoms with van der Waals surface area (Å²) >= 11 is 6.26. The van der Waals surface area contributed by atoms with Crippen LogP contribution in [-0.4, -0.2) is 79.2 Å². The number of pyridine rings is 2. The SMILES string of the molecule is CN1CCN(C(=O)Nc2cncc(-c3cnc4[nH]nc(-c5nc6c(-c7cccc(Cl)c7)cccc6[nH]5)c4c3)c2)CC1. The number of fused-ring (bicyclic) bond motifs is 2. The predicted molar refractivity (Wildman–Crippen MR) is 161 cm³/mol. The minimum absolute atomic E-state index is 0.121. The van der Waals surface area contributed by atoms with Gasteiger partial charge in [0.15, 0.2) is 11.5 Å². The molecule has 1 aliphatic rings. The molecule has 204 valence electrons. The summed E-state index contributed by atoms with van der Waals surface area (Å²) in [5.41, 5.74) is 7.31. The van der Waals surface area contributed by atoms with Crippen LogP contribution in [0.25, 0.3) is 55.8 Å². The fourth-order valence-electron chi connectivity index (χ4n) is 5.15. The summed E-state index contributed by atoms with van der Waals surface area (Å²) in [4.78, 5) is 34.2. The molecule has 2 amide bonds. The van der Waals surface area contributed by atoms with E-state index in [1.165, 1.54) is 0 Å². The maximum Gasteiger partial charge on any atom is 0.321 e. The number of urea groups is 1. The number of hydrogen-bond donors (Lipinski definition) is 3. The van der Waals surface area contributed by atoms with Crippen LogP contribution in [0.2, 0.25) is 5.02 Å². The first-order valence-corrected chi connectivity index (χ1v) is 13.7. The summed E-state index contributed by atoms with van der Waals surface area (Å²) in [6.07, 6.45) is 5.18. The van der Waals surface area contributed by atoms with E-state index in [1.807, 2.05) is 59.5 Å². The number of para-hydroxylation sites is 1. The maximum absolute atomic E-state index is 12.8. The highest BCUT2D eigenvalue weighted by atomic mass is 35.5. The molecule has 0 bridgehead atoms. The van der Waals surface area contributed by atoms with Gasteiger partial charge in [0, 0.05) is 60.3 Å². The van der Waals surface area contributed by atoms with Gasteiger partial charge >= 0.3 is 6.03 Å². The molecule has 10 nitrogen and oxygen atoms in total. The molecule has 7 rings (SSSR count). The monoisotopic (exact) mass is 563 g/mol. The number of nitrogens with one attached hydrogen (secondary N) is 3. The number of halogens is 1. The fraction of sp³-hybridized carbons (Fsp3) is 0.167. The average molecular weight is 564 g/mol. The lowest BCUT2D eigenvalue weighted by Crippen LogP contribution is -2.48. The quantitative estimate of drug-likeness (QED) is 0.254. The molecule has 2 aromatic carbocycles. The van der Waals surface area contributed by atoms with Gasteiger partial charge in [0.25, 0.3) is 0 Å². The average Bonchev–Trinajstić information content (AvgIpc) is 3.61. The second-order valence-electron chi connectivity index (χ2n) is 10.2. The van der Waals surface area contributed by atoms with Gasteiger partial charge in [-0.05, 0) is 42.9 Å². The molecule has 0 saturated carbocycles. The zero-order valence-corrected chi connectivity index (χ0v) is 23.0. The van der Waals surface area contributed by atoms with Crippen LogP contribution in [0, 0.1) is 0 Å². The molecule has 0 unspecified atom stereocenters. The van der Waals surface area contributed by atoms with E-state index < -0.39 is 0 Å². The summed E-state index contributed by atoms with van der Waals surface area (Å²) < 4.78 is 0. The lowest BCUT2D eigenvalue weighted by Gasteiger charge is -2.32. The molecule has 0 radical (unpaired) electrons. The number of imidazole rings is 1. The third kappa shape index (κ3) is 4.88. The Balaban J connectivity index is 1.21. The van der Waals surface area contributed by atoms with Crippen LogP contribution < -0.4 is 5.32 Å². The minimum Gasteiger partial charge on any atom is -0.337 e. The van der Waals surface area contributed by atoms with Crippen LogP contribution in [0.1, 0.15) is 0 Å². The number of aromatic amines is 2. The lowest BCUT2D eigenvalue weighted by molar-refractivity contribution is 0.164. The van der Waals surface area contributed by atoms with Gasteiger partial charge in [-0.15, -0.1) is 0 Å². The number of amides is 2. The van der Waals surface area contributed by atoms with E-state index in [4.69, 9.17) is 16.6 Å². The summed E-state index contributed by atoms with van der Waals surface area (Å²) in [6, 6.07) is 17.5. The number of likely N-dealkylation sites (N-methyl/N-ethyl adjacent to an activating group) is 1. The van der Waals surface area contributed by atoms with Gasteiger partial charge < -0.3 is 20.1 Å². The molecule has 41 heavy (non-hydrogen) atoms. The van der Waals surface area contributed by atoms with Gasteiger partial charge in [-0.1, -0.05) is 35.9 Å². The van der Waals surface area contributed by atoms with Gasteiger partial charge in [0.05, 0.1) is 28.3 Å². The third-order valence-corrected chi connectivity index (χ3v) is 7.64. The predicted octanol–water partition coefficient (Wildman–Crippen LogP) is 5.66. The number of nitrogens with zero attached hydrogens (tertiary/aromatic N) is 6. The fourth-order valence-corrected chi connectivity index (χ4v) is 5.34. The smallest absolute Gasteiger partial charge is 0.321 e. The number of rotatable bonds is 4. The first kappa shape index (κ1) is 25.2. The van der Waals surface area contributed by atoms with Crippen molar-refractivity contribution in [2.75, 3.05) is 38.5 Å². The van der Waals surface area contributed by atoms with Crippen molar-refractivity contribution in [2.24, 2.45) is 0 Å². The van der Waals surface area contributed by atoms with Crippen molar-refractivity contribution in [3.8, 4) is 33.8 Å². The number of carbonyl (C=O) groups is 1. The number of benzene rings is 2. The van der Waals surface area contributed by atoms with E-state index in [0.29, 0.717) is 41.0 Å². The Labute approximate surface area is 240 Å². The number of H-pyrrole nitrogens is 2. The van der Waals surface area contributed by atoms with Crippen LogP contribution in [0.15, 0.2) is 73.2 Å². The molecule has 11 heteroatoms. The van der Waals surface area contributed by atoms with E-state index in [9.17, 15) is 4.79 Å². The van der Waals surface area contributed by atoms with Gasteiger partial charge in [-0.2, -0.15) is 5.10 Å². The molecule has 3 N–H and O–H groups in total. The summed E-state index contributed by atoms with van der Waals surface area (Å²) in [7, 11) is 2.06. The van der Waals surface area contributed by atoms with Gasteiger partial charge in [0.2, 0.25) is 0 Å². The second-order valence-corrected chi connectivity index (χ2v) is 10.6. The highest BCUT2D eigenvalue weighted by molar-refractivity contribution is 6.30. The number of hydrogen-bond acceptors (Lipinski definition) is 6. The Kier molecular flexibility index (Phi) is 6.33. The zero-order chi connectivity index (χ0) is 27.9. The first-order valence-electron chi connectivity index (χ1n) is 13.3. The van der Waals surface area contributed by atoms with Gasteiger partial charge in [-0.25, -0.2) is 14.8 Å². The van der Waals surface area contributed by atoms with Gasteiger partial charge in [-0.3, -0.25) is 10.1 Å². The molecule has 1 saturated heterocycles. The van der Waals surface area contributed by atoms with Crippen molar-refractivity contribution in [1.82, 2.24) is 39.9 Å². The van der Waals surface area contributed by atoms with Crippen molar-refractivity contribution in [3.05, 3.63) is 78.2 Å². The Morgan fingerprint density at radius 3 is 2.63 bits per heavy atom. The van der Waals surface area contributed by atoms with Crippen LogP contribution in [0.4, 0.5) is 10.5 Å². The largest absolute Gasteiger partial charge is 0.337 e. The van der Waals surface area contributed by atoms with Crippen LogP contribution in [0.3, 0.4) is 0 Å². The van der Waals surface area contributed by atoms with Crippen LogP contribution in [-0.2, 0) is 0 Å². The van der Waals surface area contributed by atoms with Gasteiger partial charge in [0.1, 0.15) is 5.69 Å². The normalized spacial score (nSPS) is 14.1. The standard InChI is InChI=1S/C30H26ClN9O/c1-39-8-10-40(11-9-39)30(41)34-22-13-19(15-32-17-22)20-14-24-27(37-38-28(24)33-16-20)29-35-25-7-3-6-23(26(25)36-29)18-4-2-5-21(31)12-18/h2-7,12-17H,8-11H2,1H3,(H,34,41)(H,35,36)(H,33,37,38). The van der Waals surface area contributed by atoms with E-state index in [0.717, 1.165) is 51.8 Å². The topological polar surface area (TPSA) is 119 Å². The highest BCUT2D eigenvalue weighted by Crippen LogP contribution is 2.33. The summed E-state index contributed by atoms with van der Waals surface area (Å²) in [5.74, 6) is 0.631. The molecule has 4 aromatic heterocycles.